The first-order valence-electron chi connectivity index (χ1n) is 19.2. The second-order valence-corrected chi connectivity index (χ2v) is 13.4. The fourth-order valence-corrected chi connectivity index (χ4v) is 6.13. The molecule has 0 radical (unpaired) electrons. The number of aliphatic hydroxyl groups is 2. The molecule has 2 unspecified atom stereocenters. The molecule has 0 spiro atoms. The van der Waals surface area contributed by atoms with E-state index in [9.17, 15) is 15.0 Å². The largest absolute Gasteiger partial charge is 0.394 e. The summed E-state index contributed by atoms with van der Waals surface area (Å²) in [5.74, 6) is -0.0304. The fraction of sp³-hybridized carbons (Fsp3) is 0.974. The summed E-state index contributed by atoms with van der Waals surface area (Å²) in [6.45, 7) is 4.36. The highest BCUT2D eigenvalue weighted by Crippen LogP contribution is 2.16. The Balaban J connectivity index is 3.48. The van der Waals surface area contributed by atoms with Crippen LogP contribution < -0.4 is 5.32 Å². The Labute approximate surface area is 264 Å². The van der Waals surface area contributed by atoms with Gasteiger partial charge in [-0.3, -0.25) is 4.79 Å². The van der Waals surface area contributed by atoms with E-state index in [4.69, 9.17) is 0 Å². The van der Waals surface area contributed by atoms with Gasteiger partial charge in [0.25, 0.3) is 0 Å². The maximum atomic E-state index is 12.3. The molecule has 0 aliphatic heterocycles. The lowest BCUT2D eigenvalue weighted by Crippen LogP contribution is -2.45. The third-order valence-electron chi connectivity index (χ3n) is 9.12. The van der Waals surface area contributed by atoms with Gasteiger partial charge >= 0.3 is 0 Å². The number of hydrogen-bond donors (Lipinski definition) is 3. The van der Waals surface area contributed by atoms with Gasteiger partial charge in [0, 0.05) is 6.42 Å². The second-order valence-electron chi connectivity index (χ2n) is 13.4. The molecule has 0 aromatic heterocycles. The summed E-state index contributed by atoms with van der Waals surface area (Å²) in [4.78, 5) is 12.3. The van der Waals surface area contributed by atoms with Crippen LogP contribution in [-0.2, 0) is 4.79 Å². The van der Waals surface area contributed by atoms with Crippen molar-refractivity contribution >= 4 is 5.91 Å². The Bertz CT molecular complexity index is 526. The molecule has 0 bridgehead atoms. The monoisotopic (exact) mass is 596 g/mol. The van der Waals surface area contributed by atoms with Crippen LogP contribution in [0.4, 0.5) is 0 Å². The molecular formula is C38H77NO3. The van der Waals surface area contributed by atoms with Crippen LogP contribution in [-0.4, -0.2) is 34.9 Å². The highest BCUT2D eigenvalue weighted by Gasteiger charge is 2.19. The van der Waals surface area contributed by atoms with Crippen molar-refractivity contribution in [3.05, 3.63) is 0 Å². The number of unbranched alkanes of at least 4 members (excludes halogenated alkanes) is 28. The summed E-state index contributed by atoms with van der Waals surface area (Å²) in [7, 11) is 0. The van der Waals surface area contributed by atoms with E-state index in [1.165, 1.54) is 167 Å². The predicted octanol–water partition coefficient (Wildman–Crippen LogP) is 11.3. The third kappa shape index (κ3) is 30.8. The van der Waals surface area contributed by atoms with Crippen LogP contribution >= 0.6 is 0 Å². The van der Waals surface area contributed by atoms with Crippen molar-refractivity contribution in [2.45, 2.75) is 231 Å². The number of carbonyl (C=O) groups excluding carboxylic acids is 1. The molecule has 0 rings (SSSR count). The van der Waals surface area contributed by atoms with Gasteiger partial charge in [-0.2, -0.15) is 0 Å². The number of aliphatic hydroxyl groups excluding tert-OH is 2. The normalized spacial score (nSPS) is 13.0. The van der Waals surface area contributed by atoms with Gasteiger partial charge in [0.05, 0.1) is 18.8 Å². The number of rotatable bonds is 35. The van der Waals surface area contributed by atoms with Crippen molar-refractivity contribution in [1.82, 2.24) is 5.32 Å². The van der Waals surface area contributed by atoms with Gasteiger partial charge < -0.3 is 15.5 Å². The lowest BCUT2D eigenvalue weighted by molar-refractivity contribution is -0.123. The molecule has 0 saturated heterocycles. The van der Waals surface area contributed by atoms with Gasteiger partial charge in [-0.1, -0.05) is 200 Å². The van der Waals surface area contributed by atoms with E-state index >= 15 is 0 Å². The molecule has 0 aliphatic rings. The maximum absolute atomic E-state index is 12.3. The minimum atomic E-state index is -0.651. The summed E-state index contributed by atoms with van der Waals surface area (Å²) >= 11 is 0. The van der Waals surface area contributed by atoms with E-state index in [0.29, 0.717) is 12.8 Å². The zero-order chi connectivity index (χ0) is 30.8. The minimum Gasteiger partial charge on any atom is -0.394 e. The summed E-state index contributed by atoms with van der Waals surface area (Å²) < 4.78 is 0. The Kier molecular flexibility index (Phi) is 34.4. The van der Waals surface area contributed by atoms with Crippen molar-refractivity contribution in [3.8, 4) is 0 Å². The second kappa shape index (κ2) is 34.9. The Morgan fingerprint density at radius 3 is 1.07 bits per heavy atom. The SMILES string of the molecule is CCCCCCCCCCCCCCCCCCCCCC(O)C(CO)NC(=O)CCCCCCCCCCCCC. The van der Waals surface area contributed by atoms with Crippen LogP contribution in [0, 0.1) is 0 Å². The van der Waals surface area contributed by atoms with Crippen LogP contribution in [0.15, 0.2) is 0 Å². The van der Waals surface area contributed by atoms with Crippen LogP contribution in [0.1, 0.15) is 219 Å². The van der Waals surface area contributed by atoms with Crippen molar-refractivity contribution in [1.29, 1.82) is 0 Å². The standard InChI is InChI=1S/C38H77NO3/c1-3-5-7-9-11-13-15-16-17-18-19-20-21-22-24-25-27-29-31-33-37(41)36(35-40)39-38(42)34-32-30-28-26-23-14-12-10-8-6-4-2/h36-37,40-41H,3-35H2,1-2H3,(H,39,42). The summed E-state index contributed by atoms with van der Waals surface area (Å²) in [5, 5.41) is 23.0. The number of amides is 1. The highest BCUT2D eigenvalue weighted by atomic mass is 16.3. The molecule has 0 heterocycles. The van der Waals surface area contributed by atoms with Gasteiger partial charge in [0.15, 0.2) is 0 Å². The van der Waals surface area contributed by atoms with Gasteiger partial charge in [0.2, 0.25) is 5.91 Å². The van der Waals surface area contributed by atoms with E-state index in [2.05, 4.69) is 19.2 Å². The summed E-state index contributed by atoms with van der Waals surface area (Å²) in [6, 6.07) is -0.527. The molecule has 0 aromatic carbocycles. The zero-order valence-corrected chi connectivity index (χ0v) is 28.8. The average Bonchev–Trinajstić information content (AvgIpc) is 2.99. The first-order valence-corrected chi connectivity index (χ1v) is 19.2. The van der Waals surface area contributed by atoms with E-state index in [1.807, 2.05) is 0 Å². The smallest absolute Gasteiger partial charge is 0.220 e. The molecule has 0 fully saturated rings. The Morgan fingerprint density at radius 2 is 0.762 bits per heavy atom. The van der Waals surface area contributed by atoms with Crippen molar-refractivity contribution in [2.24, 2.45) is 0 Å². The molecule has 3 N–H and O–H groups in total. The molecule has 42 heavy (non-hydrogen) atoms. The quantitative estimate of drug-likeness (QED) is 0.0638. The first-order chi connectivity index (χ1) is 20.7. The van der Waals surface area contributed by atoms with Gasteiger partial charge in [-0.25, -0.2) is 0 Å². The number of nitrogens with one attached hydrogen (secondary N) is 1. The van der Waals surface area contributed by atoms with Crippen molar-refractivity contribution in [3.63, 3.8) is 0 Å². The van der Waals surface area contributed by atoms with E-state index in [-0.39, 0.29) is 12.5 Å². The minimum absolute atomic E-state index is 0.0304. The van der Waals surface area contributed by atoms with Crippen molar-refractivity contribution < 1.29 is 15.0 Å². The van der Waals surface area contributed by atoms with Crippen LogP contribution in [0.25, 0.3) is 0 Å². The highest BCUT2D eigenvalue weighted by molar-refractivity contribution is 5.76. The summed E-state index contributed by atoms with van der Waals surface area (Å²) in [5.41, 5.74) is 0. The molecule has 2 atom stereocenters. The van der Waals surface area contributed by atoms with E-state index < -0.39 is 12.1 Å². The average molecular weight is 596 g/mol. The third-order valence-corrected chi connectivity index (χ3v) is 9.12. The van der Waals surface area contributed by atoms with E-state index in [0.717, 1.165) is 25.7 Å². The number of hydrogen-bond acceptors (Lipinski definition) is 3. The Hall–Kier alpha value is -0.610. The predicted molar refractivity (Wildman–Crippen MR) is 184 cm³/mol. The molecule has 4 heteroatoms. The van der Waals surface area contributed by atoms with Crippen LogP contribution in [0.3, 0.4) is 0 Å². The topological polar surface area (TPSA) is 69.6 Å². The van der Waals surface area contributed by atoms with Crippen molar-refractivity contribution in [2.75, 3.05) is 6.61 Å². The first kappa shape index (κ1) is 41.4. The lowest BCUT2D eigenvalue weighted by Gasteiger charge is -2.22. The molecule has 0 saturated carbocycles. The van der Waals surface area contributed by atoms with Gasteiger partial charge in [-0.15, -0.1) is 0 Å². The van der Waals surface area contributed by atoms with Crippen LogP contribution in [0.5, 0.6) is 0 Å². The molecule has 1 amide bonds. The number of carbonyl (C=O) groups is 1. The molecule has 252 valence electrons. The summed E-state index contributed by atoms with van der Waals surface area (Å²) in [6.07, 6.45) is 40.2. The molecular weight excluding hydrogens is 518 g/mol. The Morgan fingerprint density at radius 1 is 0.476 bits per heavy atom. The molecule has 0 aliphatic carbocycles. The van der Waals surface area contributed by atoms with E-state index in [1.54, 1.807) is 0 Å². The van der Waals surface area contributed by atoms with Gasteiger partial charge in [0.1, 0.15) is 0 Å². The zero-order valence-electron chi connectivity index (χ0n) is 28.8. The van der Waals surface area contributed by atoms with Crippen LogP contribution in [0.2, 0.25) is 0 Å². The molecule has 4 nitrogen and oxygen atoms in total. The maximum Gasteiger partial charge on any atom is 0.220 e. The molecule has 0 aromatic rings. The lowest BCUT2D eigenvalue weighted by atomic mass is 10.0. The van der Waals surface area contributed by atoms with Gasteiger partial charge in [-0.05, 0) is 12.8 Å². The fourth-order valence-electron chi connectivity index (χ4n) is 6.13.